The minimum absolute atomic E-state index is 0.161. The average Bonchev–Trinajstić information content (AvgIpc) is 2.79. The van der Waals surface area contributed by atoms with Crippen molar-refractivity contribution in [2.75, 3.05) is 24.4 Å². The smallest absolute Gasteiger partial charge is 0.258 e. The maximum absolute atomic E-state index is 14.1. The van der Waals surface area contributed by atoms with E-state index >= 15 is 0 Å². The van der Waals surface area contributed by atoms with Crippen molar-refractivity contribution < 1.29 is 23.5 Å². The number of anilines is 2. The summed E-state index contributed by atoms with van der Waals surface area (Å²) in [7, 11) is 1.45. The largest absolute Gasteiger partial charge is 0.495 e. The van der Waals surface area contributed by atoms with Crippen molar-refractivity contribution >= 4 is 34.8 Å². The van der Waals surface area contributed by atoms with Crippen LogP contribution < -0.4 is 20.1 Å². The average molecular weight is 471 g/mol. The van der Waals surface area contributed by atoms with Gasteiger partial charge in [-0.05, 0) is 67.4 Å². The van der Waals surface area contributed by atoms with Gasteiger partial charge in [-0.15, -0.1) is 0 Å². The molecule has 0 saturated carbocycles. The number of ether oxygens (including phenoxy) is 2. The second kappa shape index (κ2) is 11.3. The van der Waals surface area contributed by atoms with Gasteiger partial charge in [-0.3, -0.25) is 9.59 Å². The SMILES string of the molecule is CCOc1ccc(CCC(=O)Nc2ccc(OC)c(NC(=O)c3ccc(Cl)cc3F)c2)cc1. The van der Waals surface area contributed by atoms with Gasteiger partial charge in [0.25, 0.3) is 5.91 Å². The van der Waals surface area contributed by atoms with E-state index < -0.39 is 11.7 Å². The number of methoxy groups -OCH3 is 1. The van der Waals surface area contributed by atoms with Crippen LogP contribution in [0.5, 0.6) is 11.5 Å². The van der Waals surface area contributed by atoms with Crippen LogP contribution in [0.1, 0.15) is 29.3 Å². The third-order valence-corrected chi connectivity index (χ3v) is 5.02. The van der Waals surface area contributed by atoms with Gasteiger partial charge in [-0.25, -0.2) is 4.39 Å². The molecule has 33 heavy (non-hydrogen) atoms. The zero-order chi connectivity index (χ0) is 23.8. The zero-order valence-corrected chi connectivity index (χ0v) is 19.0. The van der Waals surface area contributed by atoms with Gasteiger partial charge in [-0.2, -0.15) is 0 Å². The van der Waals surface area contributed by atoms with Crippen LogP contribution in [0, 0.1) is 5.82 Å². The topological polar surface area (TPSA) is 76.7 Å². The maximum atomic E-state index is 14.1. The summed E-state index contributed by atoms with van der Waals surface area (Å²) in [5, 5.41) is 5.61. The number of carbonyl (C=O) groups excluding carboxylic acids is 2. The molecule has 3 rings (SSSR count). The first-order valence-electron chi connectivity index (χ1n) is 10.4. The molecule has 172 valence electrons. The summed E-state index contributed by atoms with van der Waals surface area (Å²) in [4.78, 5) is 25.0. The lowest BCUT2D eigenvalue weighted by Crippen LogP contribution is -2.16. The van der Waals surface area contributed by atoms with Crippen LogP contribution in [0.3, 0.4) is 0 Å². The fourth-order valence-electron chi connectivity index (χ4n) is 3.15. The molecule has 0 aliphatic heterocycles. The molecule has 0 saturated heterocycles. The summed E-state index contributed by atoms with van der Waals surface area (Å²) in [5.74, 6) is -0.434. The number of benzene rings is 3. The monoisotopic (exact) mass is 470 g/mol. The van der Waals surface area contributed by atoms with E-state index in [2.05, 4.69) is 10.6 Å². The first kappa shape index (κ1) is 24.1. The van der Waals surface area contributed by atoms with Crippen LogP contribution in [-0.2, 0) is 11.2 Å². The minimum Gasteiger partial charge on any atom is -0.495 e. The van der Waals surface area contributed by atoms with E-state index in [1.54, 1.807) is 18.2 Å². The van der Waals surface area contributed by atoms with Crippen molar-refractivity contribution in [3.05, 3.63) is 82.6 Å². The molecule has 0 spiro atoms. The number of aryl methyl sites for hydroxylation is 1. The van der Waals surface area contributed by atoms with Crippen LogP contribution in [0.25, 0.3) is 0 Å². The Morgan fingerprint density at radius 3 is 2.42 bits per heavy atom. The molecular weight excluding hydrogens is 447 g/mol. The lowest BCUT2D eigenvalue weighted by Gasteiger charge is -2.13. The summed E-state index contributed by atoms with van der Waals surface area (Å²) < 4.78 is 24.8. The third kappa shape index (κ3) is 6.70. The third-order valence-electron chi connectivity index (χ3n) is 4.78. The van der Waals surface area contributed by atoms with E-state index in [1.165, 1.54) is 19.2 Å². The number of hydrogen-bond acceptors (Lipinski definition) is 4. The van der Waals surface area contributed by atoms with Crippen molar-refractivity contribution in [2.45, 2.75) is 19.8 Å². The van der Waals surface area contributed by atoms with Crippen LogP contribution >= 0.6 is 11.6 Å². The molecule has 0 atom stereocenters. The molecule has 3 aromatic carbocycles. The Kier molecular flexibility index (Phi) is 8.27. The van der Waals surface area contributed by atoms with Gasteiger partial charge in [0.2, 0.25) is 5.91 Å². The van der Waals surface area contributed by atoms with E-state index in [4.69, 9.17) is 21.1 Å². The summed E-state index contributed by atoms with van der Waals surface area (Å²) >= 11 is 5.75. The molecule has 8 heteroatoms. The van der Waals surface area contributed by atoms with Gasteiger partial charge in [0.1, 0.15) is 17.3 Å². The Bertz CT molecular complexity index is 1140. The van der Waals surface area contributed by atoms with E-state index in [-0.39, 0.29) is 22.9 Å². The first-order valence-corrected chi connectivity index (χ1v) is 10.7. The molecule has 2 N–H and O–H groups in total. The van der Waals surface area contributed by atoms with Crippen molar-refractivity contribution in [3.8, 4) is 11.5 Å². The highest BCUT2D eigenvalue weighted by Crippen LogP contribution is 2.29. The number of amides is 2. The Labute approximate surface area is 196 Å². The van der Waals surface area contributed by atoms with E-state index in [9.17, 15) is 14.0 Å². The van der Waals surface area contributed by atoms with E-state index in [1.807, 2.05) is 31.2 Å². The van der Waals surface area contributed by atoms with E-state index in [0.717, 1.165) is 17.4 Å². The second-order valence-electron chi connectivity index (χ2n) is 7.12. The molecule has 0 unspecified atom stereocenters. The predicted molar refractivity (Wildman–Crippen MR) is 127 cm³/mol. The number of rotatable bonds is 9. The second-order valence-corrected chi connectivity index (χ2v) is 7.55. The normalized spacial score (nSPS) is 10.4. The minimum atomic E-state index is -0.738. The summed E-state index contributed by atoms with van der Waals surface area (Å²) in [6, 6.07) is 16.2. The molecule has 0 aliphatic rings. The van der Waals surface area contributed by atoms with Gasteiger partial charge < -0.3 is 20.1 Å². The predicted octanol–water partition coefficient (Wildman–Crippen LogP) is 5.71. The molecule has 6 nitrogen and oxygen atoms in total. The molecule has 0 bridgehead atoms. The van der Waals surface area contributed by atoms with Crippen molar-refractivity contribution in [3.63, 3.8) is 0 Å². The first-order chi connectivity index (χ1) is 15.9. The van der Waals surface area contributed by atoms with E-state index in [0.29, 0.717) is 30.2 Å². The zero-order valence-electron chi connectivity index (χ0n) is 18.3. The maximum Gasteiger partial charge on any atom is 0.258 e. The molecular formula is C25H24ClFN2O4. The lowest BCUT2D eigenvalue weighted by molar-refractivity contribution is -0.116. The summed E-state index contributed by atoms with van der Waals surface area (Å²) in [5.41, 5.74) is 1.62. The number of halogens is 2. The standard InChI is InChI=1S/C25H24ClFN2O4/c1-3-33-19-9-4-16(5-10-19)6-13-24(30)28-18-8-12-23(32-2)22(15-18)29-25(31)20-11-7-17(26)14-21(20)27/h4-5,7-12,14-15H,3,6,13H2,1-2H3,(H,28,30)(H,29,31). The van der Waals surface area contributed by atoms with Crippen LogP contribution in [0.2, 0.25) is 5.02 Å². The van der Waals surface area contributed by atoms with Crippen LogP contribution in [0.15, 0.2) is 60.7 Å². The van der Waals surface area contributed by atoms with Gasteiger partial charge in [-0.1, -0.05) is 23.7 Å². The Hall–Kier alpha value is -3.58. The Balaban J connectivity index is 1.64. The molecule has 0 fully saturated rings. The van der Waals surface area contributed by atoms with Crippen LogP contribution in [-0.4, -0.2) is 25.5 Å². The van der Waals surface area contributed by atoms with Crippen molar-refractivity contribution in [2.24, 2.45) is 0 Å². The quantitative estimate of drug-likeness (QED) is 0.420. The van der Waals surface area contributed by atoms with Gasteiger partial charge >= 0.3 is 0 Å². The molecule has 3 aromatic rings. The van der Waals surface area contributed by atoms with Crippen molar-refractivity contribution in [1.29, 1.82) is 0 Å². The fraction of sp³-hybridized carbons (Fsp3) is 0.200. The molecule has 0 aliphatic carbocycles. The number of hydrogen-bond donors (Lipinski definition) is 2. The number of carbonyl (C=O) groups is 2. The lowest BCUT2D eigenvalue weighted by atomic mass is 10.1. The Morgan fingerprint density at radius 2 is 1.76 bits per heavy atom. The van der Waals surface area contributed by atoms with Gasteiger partial charge in [0.15, 0.2) is 0 Å². The van der Waals surface area contributed by atoms with Gasteiger partial charge in [0, 0.05) is 17.1 Å². The molecule has 0 heterocycles. The highest BCUT2D eigenvalue weighted by Gasteiger charge is 2.15. The number of nitrogens with one attached hydrogen (secondary N) is 2. The van der Waals surface area contributed by atoms with Crippen LogP contribution in [0.4, 0.5) is 15.8 Å². The molecule has 0 aromatic heterocycles. The highest BCUT2D eigenvalue weighted by atomic mass is 35.5. The summed E-state index contributed by atoms with van der Waals surface area (Å²) in [6.45, 7) is 2.52. The van der Waals surface area contributed by atoms with Crippen molar-refractivity contribution in [1.82, 2.24) is 0 Å². The fourth-order valence-corrected chi connectivity index (χ4v) is 3.31. The molecule has 2 amide bonds. The van der Waals surface area contributed by atoms with Gasteiger partial charge in [0.05, 0.1) is 25.0 Å². The highest BCUT2D eigenvalue weighted by molar-refractivity contribution is 6.30. The Morgan fingerprint density at radius 1 is 1.00 bits per heavy atom. The summed E-state index contributed by atoms with van der Waals surface area (Å²) in [6.07, 6.45) is 0.839. The molecule has 0 radical (unpaired) electrons.